The molecule has 3 aliphatic heterocycles. The van der Waals surface area contributed by atoms with Crippen molar-refractivity contribution >= 4 is 15.9 Å². The van der Waals surface area contributed by atoms with E-state index in [9.17, 15) is 8.42 Å². The van der Waals surface area contributed by atoms with Crippen LogP contribution in [0.4, 0.5) is 0 Å². The van der Waals surface area contributed by atoms with Crippen LogP contribution in [-0.4, -0.2) is 51.2 Å². The highest BCUT2D eigenvalue weighted by atomic mass is 32.2. The van der Waals surface area contributed by atoms with Crippen LogP contribution in [0, 0.1) is 0 Å². The molecule has 1 spiro atoms. The number of amidine groups is 1. The predicted octanol–water partition coefficient (Wildman–Crippen LogP) is 0.974. The van der Waals surface area contributed by atoms with Gasteiger partial charge in [-0.2, -0.15) is 8.42 Å². The van der Waals surface area contributed by atoms with E-state index >= 15 is 0 Å². The first-order valence-electron chi connectivity index (χ1n) is 7.07. The van der Waals surface area contributed by atoms with Crippen LogP contribution < -0.4 is 0 Å². The molecule has 0 unspecified atom stereocenters. The molecular weight excluding hydrogens is 292 g/mol. The lowest BCUT2D eigenvalue weighted by atomic mass is 10.0. The zero-order chi connectivity index (χ0) is 14.5. The second-order valence-corrected chi connectivity index (χ2v) is 7.09. The van der Waals surface area contributed by atoms with Gasteiger partial charge in [-0.25, -0.2) is 0 Å². The Morgan fingerprint density at radius 2 is 1.95 bits per heavy atom. The van der Waals surface area contributed by atoms with E-state index in [-0.39, 0.29) is 4.90 Å². The normalized spacial score (nSPS) is 25.9. The number of benzene rings is 1. The minimum absolute atomic E-state index is 0.285. The molecule has 21 heavy (non-hydrogen) atoms. The van der Waals surface area contributed by atoms with Crippen molar-refractivity contribution < 1.29 is 17.9 Å². The molecule has 2 fully saturated rings. The van der Waals surface area contributed by atoms with Gasteiger partial charge in [-0.15, -0.1) is 4.40 Å². The summed E-state index contributed by atoms with van der Waals surface area (Å²) in [7, 11) is -3.57. The van der Waals surface area contributed by atoms with E-state index in [0.717, 1.165) is 19.4 Å². The van der Waals surface area contributed by atoms with Gasteiger partial charge in [-0.1, -0.05) is 12.1 Å². The second kappa shape index (κ2) is 4.53. The van der Waals surface area contributed by atoms with E-state index in [4.69, 9.17) is 9.47 Å². The molecule has 0 saturated carbocycles. The molecule has 0 atom stereocenters. The molecule has 0 amide bonds. The van der Waals surface area contributed by atoms with Gasteiger partial charge in [0.05, 0.1) is 19.8 Å². The molecular formula is C14H16N2O4S. The van der Waals surface area contributed by atoms with Gasteiger partial charge in [0.25, 0.3) is 10.0 Å². The summed E-state index contributed by atoms with van der Waals surface area (Å²) in [4.78, 5) is 2.26. The number of hydrogen-bond donors (Lipinski definition) is 0. The molecule has 0 radical (unpaired) electrons. The summed E-state index contributed by atoms with van der Waals surface area (Å²) >= 11 is 0. The van der Waals surface area contributed by atoms with Crippen LogP contribution in [-0.2, 0) is 19.5 Å². The molecule has 112 valence electrons. The van der Waals surface area contributed by atoms with E-state index in [1.165, 1.54) is 0 Å². The van der Waals surface area contributed by atoms with Gasteiger partial charge >= 0.3 is 0 Å². The minimum atomic E-state index is -3.57. The van der Waals surface area contributed by atoms with E-state index in [1.54, 1.807) is 18.2 Å². The Hall–Kier alpha value is -1.44. The molecule has 4 rings (SSSR count). The van der Waals surface area contributed by atoms with Crippen LogP contribution >= 0.6 is 0 Å². The zero-order valence-electron chi connectivity index (χ0n) is 11.5. The molecule has 0 N–H and O–H groups in total. The Labute approximate surface area is 123 Å². The average molecular weight is 308 g/mol. The third-order valence-electron chi connectivity index (χ3n) is 4.14. The van der Waals surface area contributed by atoms with Crippen molar-refractivity contribution in [2.75, 3.05) is 26.3 Å². The second-order valence-electron chi connectivity index (χ2n) is 5.52. The van der Waals surface area contributed by atoms with Gasteiger partial charge in [-0.3, -0.25) is 0 Å². The van der Waals surface area contributed by atoms with E-state index in [1.807, 2.05) is 11.0 Å². The van der Waals surface area contributed by atoms with E-state index < -0.39 is 15.8 Å². The maximum Gasteiger partial charge on any atom is 0.285 e. The lowest BCUT2D eigenvalue weighted by molar-refractivity contribution is -0.180. The number of ether oxygens (including phenoxy) is 2. The lowest BCUT2D eigenvalue weighted by Gasteiger charge is -2.39. The quantitative estimate of drug-likeness (QED) is 0.714. The number of likely N-dealkylation sites (tertiary alicyclic amines) is 1. The van der Waals surface area contributed by atoms with Crippen LogP contribution in [0.3, 0.4) is 0 Å². The van der Waals surface area contributed by atoms with E-state index in [0.29, 0.717) is 31.2 Å². The Kier molecular flexibility index (Phi) is 2.85. The molecule has 1 aromatic rings. The third kappa shape index (κ3) is 2.07. The number of sulfonamides is 1. The lowest BCUT2D eigenvalue weighted by Crippen LogP contribution is -2.51. The molecule has 3 heterocycles. The van der Waals surface area contributed by atoms with Gasteiger partial charge in [0.15, 0.2) is 11.6 Å². The van der Waals surface area contributed by atoms with Gasteiger partial charge < -0.3 is 14.4 Å². The van der Waals surface area contributed by atoms with Crippen molar-refractivity contribution in [3.05, 3.63) is 29.8 Å². The average Bonchev–Trinajstić information content (AvgIpc) is 3.03. The van der Waals surface area contributed by atoms with Crippen LogP contribution in [0.2, 0.25) is 0 Å². The third-order valence-corrected chi connectivity index (χ3v) is 5.47. The molecule has 7 heteroatoms. The number of fused-ring (bicyclic) bond motifs is 1. The van der Waals surface area contributed by atoms with Crippen molar-refractivity contribution in [2.24, 2.45) is 4.40 Å². The van der Waals surface area contributed by atoms with Crippen molar-refractivity contribution in [3.63, 3.8) is 0 Å². The number of nitrogens with zero attached hydrogens (tertiary/aromatic N) is 2. The fourth-order valence-corrected chi connectivity index (χ4v) is 4.45. The van der Waals surface area contributed by atoms with Gasteiger partial charge in [0, 0.05) is 18.5 Å². The molecule has 0 aliphatic carbocycles. The molecule has 0 bridgehead atoms. The van der Waals surface area contributed by atoms with Crippen LogP contribution in [0.5, 0.6) is 0 Å². The first-order chi connectivity index (χ1) is 10.1. The summed E-state index contributed by atoms with van der Waals surface area (Å²) < 4.78 is 39.7. The Morgan fingerprint density at radius 1 is 1.19 bits per heavy atom. The summed E-state index contributed by atoms with van der Waals surface area (Å²) in [6.07, 6.45) is 1.73. The van der Waals surface area contributed by atoms with Gasteiger partial charge in [-0.05, 0) is 18.6 Å². The van der Waals surface area contributed by atoms with E-state index in [2.05, 4.69) is 4.40 Å². The van der Waals surface area contributed by atoms with Crippen molar-refractivity contribution in [2.45, 2.75) is 23.5 Å². The molecule has 6 nitrogen and oxygen atoms in total. The maximum absolute atomic E-state index is 12.1. The predicted molar refractivity (Wildman–Crippen MR) is 75.6 cm³/mol. The van der Waals surface area contributed by atoms with Crippen molar-refractivity contribution in [1.82, 2.24) is 4.90 Å². The fourth-order valence-electron chi connectivity index (χ4n) is 3.22. The van der Waals surface area contributed by atoms with Crippen LogP contribution in [0.1, 0.15) is 18.4 Å². The summed E-state index contributed by atoms with van der Waals surface area (Å²) in [5.41, 5.74) is 0.674. The smallest absolute Gasteiger partial charge is 0.285 e. The standard InChI is InChI=1S/C14H16N2O4S/c17-21(18)12-5-2-1-4-11(12)13(15-21)16-7-3-6-14(10-16)19-8-9-20-14/h1-2,4-5H,3,6-10H2. The topological polar surface area (TPSA) is 68.2 Å². The Balaban J connectivity index is 1.71. The van der Waals surface area contributed by atoms with Crippen LogP contribution in [0.25, 0.3) is 0 Å². The minimum Gasteiger partial charge on any atom is -0.350 e. The summed E-state index contributed by atoms with van der Waals surface area (Å²) in [5.74, 6) is -0.0778. The highest BCUT2D eigenvalue weighted by Gasteiger charge is 2.43. The summed E-state index contributed by atoms with van der Waals surface area (Å²) in [6, 6.07) is 6.95. The fraction of sp³-hybridized carbons (Fsp3) is 0.500. The Bertz CT molecular complexity index is 707. The highest BCUT2D eigenvalue weighted by Crippen LogP contribution is 2.34. The summed E-state index contributed by atoms with van der Waals surface area (Å²) in [6.45, 7) is 2.47. The molecule has 0 aromatic heterocycles. The first-order valence-corrected chi connectivity index (χ1v) is 8.51. The Morgan fingerprint density at radius 3 is 2.76 bits per heavy atom. The van der Waals surface area contributed by atoms with Crippen molar-refractivity contribution in [3.8, 4) is 0 Å². The van der Waals surface area contributed by atoms with Gasteiger partial charge in [0.2, 0.25) is 0 Å². The van der Waals surface area contributed by atoms with Gasteiger partial charge in [0.1, 0.15) is 4.90 Å². The molecule has 1 aromatic carbocycles. The number of piperidine rings is 1. The van der Waals surface area contributed by atoms with Crippen LogP contribution in [0.15, 0.2) is 33.6 Å². The summed E-state index contributed by atoms with van der Waals surface area (Å²) in [5, 5.41) is 0. The van der Waals surface area contributed by atoms with Crippen molar-refractivity contribution in [1.29, 1.82) is 0 Å². The monoisotopic (exact) mass is 308 g/mol. The SMILES string of the molecule is O=S1(=O)N=C(N2CCCC3(C2)OCCO3)c2ccccc21. The number of hydrogen-bond acceptors (Lipinski definition) is 5. The zero-order valence-corrected chi connectivity index (χ0v) is 12.3. The molecule has 3 aliphatic rings. The largest absolute Gasteiger partial charge is 0.350 e. The molecule has 2 saturated heterocycles. The number of rotatable bonds is 0. The maximum atomic E-state index is 12.1. The highest BCUT2D eigenvalue weighted by molar-refractivity contribution is 7.90. The first kappa shape index (κ1) is 13.2.